The fraction of sp³-hybridized carbons (Fsp3) is 0.304. The molecule has 0 aliphatic carbocycles. The number of aryl methyl sites for hydroxylation is 1. The lowest BCUT2D eigenvalue weighted by atomic mass is 10.0. The van der Waals surface area contributed by atoms with Crippen LogP contribution in [0.25, 0.3) is 33.5 Å². The van der Waals surface area contributed by atoms with Crippen molar-refractivity contribution in [2.75, 3.05) is 12.0 Å². The minimum Gasteiger partial charge on any atom is -0.368 e. The summed E-state index contributed by atoms with van der Waals surface area (Å²) in [6.07, 6.45) is 2.57. The van der Waals surface area contributed by atoms with Gasteiger partial charge in [-0.15, -0.1) is 0 Å². The number of imidazole rings is 2. The molecule has 1 aliphatic heterocycles. The van der Waals surface area contributed by atoms with E-state index in [1.165, 1.54) is 12.1 Å². The van der Waals surface area contributed by atoms with Crippen molar-refractivity contribution in [3.63, 3.8) is 0 Å². The number of benzene rings is 2. The lowest BCUT2D eigenvalue weighted by molar-refractivity contribution is 0.490. The fourth-order valence-corrected chi connectivity index (χ4v) is 5.27. The van der Waals surface area contributed by atoms with Crippen LogP contribution in [0.4, 0.5) is 10.3 Å². The molecule has 0 radical (unpaired) electrons. The van der Waals surface area contributed by atoms with E-state index in [2.05, 4.69) is 9.55 Å². The van der Waals surface area contributed by atoms with E-state index >= 15 is 0 Å². The lowest BCUT2D eigenvalue weighted by Crippen LogP contribution is -2.23. The van der Waals surface area contributed by atoms with E-state index in [-0.39, 0.29) is 11.8 Å². The number of hydrogen-bond donors (Lipinski definition) is 2. The van der Waals surface area contributed by atoms with Crippen LogP contribution in [0.5, 0.6) is 0 Å². The molecule has 4 aromatic rings. The molecule has 0 bridgehead atoms. The number of nitrogens with two attached hydrogens (primary N) is 1. The summed E-state index contributed by atoms with van der Waals surface area (Å²) in [7, 11) is -7.36. The van der Waals surface area contributed by atoms with Crippen LogP contribution in [-0.4, -0.2) is 51.4 Å². The third-order valence-electron chi connectivity index (χ3n) is 5.71. The van der Waals surface area contributed by atoms with Crippen molar-refractivity contribution in [3.05, 3.63) is 54.1 Å². The Morgan fingerprint density at radius 2 is 1.64 bits per heavy atom. The van der Waals surface area contributed by atoms with Gasteiger partial charge >= 0.3 is 0 Å². The van der Waals surface area contributed by atoms with Gasteiger partial charge in [0.15, 0.2) is 0 Å². The zero-order chi connectivity index (χ0) is 26.4. The monoisotopic (exact) mass is 535 g/mol. The molecule has 0 saturated heterocycles. The van der Waals surface area contributed by atoms with Crippen LogP contribution in [0.3, 0.4) is 0 Å². The summed E-state index contributed by atoms with van der Waals surface area (Å²) in [4.78, 5) is 9.07. The van der Waals surface area contributed by atoms with Crippen LogP contribution >= 0.6 is 0 Å². The summed E-state index contributed by atoms with van der Waals surface area (Å²) in [5, 5.41) is -0.648. The number of aromatic nitrogens is 4. The fourth-order valence-electron chi connectivity index (χ4n) is 4.13. The largest absolute Gasteiger partial charge is 0.368 e. The van der Waals surface area contributed by atoms with E-state index in [1.807, 2.05) is 6.07 Å². The van der Waals surface area contributed by atoms with Gasteiger partial charge in [0.2, 0.25) is 16.0 Å². The zero-order valence-electron chi connectivity index (χ0n) is 19.9. The summed E-state index contributed by atoms with van der Waals surface area (Å²) >= 11 is 0. The van der Waals surface area contributed by atoms with Crippen molar-refractivity contribution in [3.8, 4) is 22.5 Å². The predicted molar refractivity (Wildman–Crippen MR) is 136 cm³/mol. The first-order valence-corrected chi connectivity index (χ1v) is 14.4. The van der Waals surface area contributed by atoms with E-state index < -0.39 is 25.4 Å². The van der Waals surface area contributed by atoms with E-state index in [1.54, 1.807) is 38.1 Å². The first-order chi connectivity index (χ1) is 16.8. The second kappa shape index (κ2) is 9.30. The predicted octanol–water partition coefficient (Wildman–Crippen LogP) is 3.32. The van der Waals surface area contributed by atoms with Crippen LogP contribution in [0.2, 0.25) is 0 Å². The molecule has 36 heavy (non-hydrogen) atoms. The number of anilines is 1. The molecule has 0 spiro atoms. The van der Waals surface area contributed by atoms with E-state index in [0.717, 1.165) is 51.7 Å². The summed E-state index contributed by atoms with van der Waals surface area (Å²) in [5.74, 6) is 0.604. The van der Waals surface area contributed by atoms with Gasteiger partial charge in [-0.05, 0) is 56.7 Å². The van der Waals surface area contributed by atoms with Crippen LogP contribution in [0.1, 0.15) is 26.1 Å². The molecule has 0 amide bonds. The van der Waals surface area contributed by atoms with Gasteiger partial charge < -0.3 is 10.3 Å². The van der Waals surface area contributed by atoms with Gasteiger partial charge in [-0.25, -0.2) is 26.7 Å². The van der Waals surface area contributed by atoms with E-state index in [0.29, 0.717) is 17.3 Å². The maximum Gasteiger partial charge on any atom is 0.261 e. The Labute approximate surface area is 208 Å². The van der Waals surface area contributed by atoms with E-state index in [4.69, 9.17) is 15.3 Å². The minimum atomic E-state index is -3.69. The number of rotatable bonds is 4. The van der Waals surface area contributed by atoms with Crippen LogP contribution < -0.4 is 5.73 Å². The summed E-state index contributed by atoms with van der Waals surface area (Å²) in [6, 6.07) is 11.7. The Balaban J connectivity index is 0.000000556. The molecule has 0 fully saturated rings. The van der Waals surface area contributed by atoms with Crippen LogP contribution in [0.15, 0.2) is 42.5 Å². The average Bonchev–Trinajstić information content (AvgIpc) is 3.44. The molecular formula is C23H26FN5O5S2. The summed E-state index contributed by atoms with van der Waals surface area (Å²) in [5.41, 5.74) is 10.2. The molecular weight excluding hydrogens is 509 g/mol. The highest BCUT2D eigenvalue weighted by atomic mass is 32.2. The van der Waals surface area contributed by atoms with Gasteiger partial charge in [-0.2, -0.15) is 8.42 Å². The van der Waals surface area contributed by atoms with Gasteiger partial charge in [0.1, 0.15) is 11.6 Å². The zero-order valence-corrected chi connectivity index (χ0v) is 21.5. The molecule has 1 aliphatic rings. The van der Waals surface area contributed by atoms with Crippen LogP contribution in [-0.2, 0) is 33.1 Å². The maximum atomic E-state index is 13.5. The number of hydrogen-bond acceptors (Lipinski definition) is 7. The third-order valence-corrected chi connectivity index (χ3v) is 7.79. The molecule has 5 rings (SSSR count). The molecule has 0 unspecified atom stereocenters. The van der Waals surface area contributed by atoms with Crippen molar-refractivity contribution in [1.29, 1.82) is 0 Å². The topological polar surface area (TPSA) is 150 Å². The molecule has 10 nitrogen and oxygen atoms in total. The Kier molecular flexibility index (Phi) is 6.66. The molecule has 2 aromatic heterocycles. The SMILES string of the molecule is CC(C)S(=O)(=O)n1c(N)nc2ccc(-c3c(-c4ccc(F)cc4)nc4n3CCC4)cc21.CS(=O)(=O)O. The third kappa shape index (κ3) is 4.99. The van der Waals surface area contributed by atoms with Gasteiger partial charge in [0.25, 0.3) is 10.1 Å². The Morgan fingerprint density at radius 1 is 1.03 bits per heavy atom. The molecule has 2 aromatic carbocycles. The van der Waals surface area contributed by atoms with Gasteiger partial charge in [0.05, 0.1) is 33.9 Å². The maximum absolute atomic E-state index is 13.5. The normalized spacial score (nSPS) is 13.6. The van der Waals surface area contributed by atoms with Gasteiger partial charge in [-0.1, -0.05) is 6.07 Å². The second-order valence-corrected chi connectivity index (χ2v) is 12.6. The minimum absolute atomic E-state index is 0.0573. The highest BCUT2D eigenvalue weighted by Gasteiger charge is 2.27. The number of fused-ring (bicyclic) bond motifs is 2. The van der Waals surface area contributed by atoms with Gasteiger partial charge in [0, 0.05) is 24.1 Å². The average molecular weight is 536 g/mol. The van der Waals surface area contributed by atoms with E-state index in [9.17, 15) is 21.2 Å². The van der Waals surface area contributed by atoms with Crippen molar-refractivity contribution < 1.29 is 25.8 Å². The number of nitrogens with zero attached hydrogens (tertiary/aromatic N) is 4. The lowest BCUT2D eigenvalue weighted by Gasteiger charge is -2.12. The Morgan fingerprint density at radius 3 is 2.25 bits per heavy atom. The number of nitrogen functional groups attached to an aromatic ring is 1. The second-order valence-electron chi connectivity index (χ2n) is 8.75. The first kappa shape index (κ1) is 25.8. The molecule has 0 atom stereocenters. The first-order valence-electron chi connectivity index (χ1n) is 11.1. The summed E-state index contributed by atoms with van der Waals surface area (Å²) in [6.45, 7) is 4.05. The Bertz CT molecular complexity index is 1650. The van der Waals surface area contributed by atoms with Crippen molar-refractivity contribution >= 4 is 37.1 Å². The van der Waals surface area contributed by atoms with Crippen LogP contribution in [0, 0.1) is 5.82 Å². The number of halogens is 1. The Hall–Kier alpha value is -3.29. The van der Waals surface area contributed by atoms with Crippen molar-refractivity contribution in [2.24, 2.45) is 0 Å². The smallest absolute Gasteiger partial charge is 0.261 e. The quantitative estimate of drug-likeness (QED) is 0.378. The van der Waals surface area contributed by atoms with Crippen molar-refractivity contribution in [2.45, 2.75) is 38.5 Å². The standard InChI is InChI=1S/C22H22FN5O2S.CH4O3S/c1-13(2)31(29,30)28-18-12-15(7-10-17(18)25-22(28)24)21-20(14-5-8-16(23)9-6-14)26-19-4-3-11-27(19)21;1-5(2,3)4/h5-10,12-13H,3-4,11H2,1-2H3,(H2,24,25);1H3,(H,2,3,4). The molecule has 192 valence electrons. The highest BCUT2D eigenvalue weighted by molar-refractivity contribution is 7.90. The summed E-state index contributed by atoms with van der Waals surface area (Å²) < 4.78 is 68.5. The highest BCUT2D eigenvalue weighted by Crippen LogP contribution is 2.37. The molecule has 3 N–H and O–H groups in total. The molecule has 0 saturated carbocycles. The van der Waals surface area contributed by atoms with Gasteiger partial charge in [-0.3, -0.25) is 4.55 Å². The molecule has 3 heterocycles. The van der Waals surface area contributed by atoms with Crippen molar-refractivity contribution in [1.82, 2.24) is 18.5 Å². The molecule has 13 heteroatoms.